The lowest BCUT2D eigenvalue weighted by Crippen LogP contribution is -2.40. The molecule has 1 heterocycles. The molecule has 0 aromatic heterocycles. The van der Waals surface area contributed by atoms with Gasteiger partial charge >= 0.3 is 5.97 Å². The molecule has 1 unspecified atom stereocenters. The summed E-state index contributed by atoms with van der Waals surface area (Å²) in [6.45, 7) is 3.17. The van der Waals surface area contributed by atoms with E-state index in [1.807, 2.05) is 6.92 Å². The Hall–Kier alpha value is -1.88. The maximum Gasteiger partial charge on any atom is 0.335 e. The molecule has 1 aromatic carbocycles. The molecular formula is C15H19NO4. The molecule has 5 nitrogen and oxygen atoms in total. The topological polar surface area (TPSA) is 75.6 Å². The average molecular weight is 277 g/mol. The summed E-state index contributed by atoms with van der Waals surface area (Å²) in [7, 11) is 0. The largest absolute Gasteiger partial charge is 0.478 e. The minimum absolute atomic E-state index is 0.0680. The highest BCUT2D eigenvalue weighted by molar-refractivity contribution is 5.91. The van der Waals surface area contributed by atoms with Crippen LogP contribution in [-0.4, -0.2) is 35.7 Å². The number of hydrogen-bond acceptors (Lipinski definition) is 3. The molecular weight excluding hydrogens is 258 g/mol. The lowest BCUT2D eigenvalue weighted by atomic mass is 10.0. The molecule has 0 spiro atoms. The third-order valence-corrected chi connectivity index (χ3v) is 3.56. The van der Waals surface area contributed by atoms with Gasteiger partial charge < -0.3 is 15.2 Å². The molecule has 5 heteroatoms. The van der Waals surface area contributed by atoms with E-state index in [0.717, 1.165) is 19.4 Å². The van der Waals surface area contributed by atoms with E-state index in [0.29, 0.717) is 12.1 Å². The Morgan fingerprint density at radius 3 is 2.80 bits per heavy atom. The van der Waals surface area contributed by atoms with E-state index in [-0.39, 0.29) is 23.5 Å². The van der Waals surface area contributed by atoms with Gasteiger partial charge in [-0.3, -0.25) is 4.79 Å². The van der Waals surface area contributed by atoms with Gasteiger partial charge in [0.25, 0.3) is 0 Å². The van der Waals surface area contributed by atoms with Gasteiger partial charge in [0.1, 0.15) is 0 Å². The summed E-state index contributed by atoms with van der Waals surface area (Å²) >= 11 is 0. The van der Waals surface area contributed by atoms with E-state index in [1.54, 1.807) is 18.2 Å². The standard InChI is InChI=1S/C15H19NO4/c1-15(7-4-8-20-15)10-16-13(17)9-11-5-2-3-6-12(11)14(18)19/h2-3,5-6H,4,7-10H2,1H3,(H,16,17)(H,18,19). The molecule has 1 fully saturated rings. The number of benzene rings is 1. The fourth-order valence-electron chi connectivity index (χ4n) is 2.38. The van der Waals surface area contributed by atoms with Crippen LogP contribution in [0, 0.1) is 0 Å². The molecule has 1 saturated heterocycles. The second kappa shape index (κ2) is 6.05. The Kier molecular flexibility index (Phi) is 4.39. The summed E-state index contributed by atoms with van der Waals surface area (Å²) in [4.78, 5) is 23.0. The molecule has 1 amide bonds. The molecule has 0 aliphatic carbocycles. The Bertz CT molecular complexity index is 506. The highest BCUT2D eigenvalue weighted by atomic mass is 16.5. The number of nitrogens with one attached hydrogen (secondary N) is 1. The van der Waals surface area contributed by atoms with E-state index >= 15 is 0 Å². The molecule has 0 saturated carbocycles. The van der Waals surface area contributed by atoms with Crippen molar-refractivity contribution in [2.24, 2.45) is 0 Å². The van der Waals surface area contributed by atoms with E-state index in [2.05, 4.69) is 5.32 Å². The Morgan fingerprint density at radius 2 is 2.15 bits per heavy atom. The summed E-state index contributed by atoms with van der Waals surface area (Å²) in [6.07, 6.45) is 2.01. The van der Waals surface area contributed by atoms with Gasteiger partial charge in [0.15, 0.2) is 0 Å². The third kappa shape index (κ3) is 3.57. The number of amides is 1. The number of hydrogen-bond donors (Lipinski definition) is 2. The van der Waals surface area contributed by atoms with Gasteiger partial charge in [-0.25, -0.2) is 4.79 Å². The second-order valence-electron chi connectivity index (χ2n) is 5.32. The first-order valence-corrected chi connectivity index (χ1v) is 6.72. The monoisotopic (exact) mass is 277 g/mol. The van der Waals surface area contributed by atoms with Gasteiger partial charge in [-0.1, -0.05) is 18.2 Å². The SMILES string of the molecule is CC1(CNC(=O)Cc2ccccc2C(=O)O)CCCO1. The van der Waals surface area contributed by atoms with E-state index < -0.39 is 5.97 Å². The minimum atomic E-state index is -1.01. The van der Waals surface area contributed by atoms with Crippen molar-refractivity contribution in [2.75, 3.05) is 13.2 Å². The van der Waals surface area contributed by atoms with E-state index in [1.165, 1.54) is 6.07 Å². The Labute approximate surface area is 117 Å². The van der Waals surface area contributed by atoms with Crippen LogP contribution < -0.4 is 5.32 Å². The normalized spacial score (nSPS) is 21.6. The molecule has 20 heavy (non-hydrogen) atoms. The van der Waals surface area contributed by atoms with Gasteiger partial charge in [-0.15, -0.1) is 0 Å². The van der Waals surface area contributed by atoms with Gasteiger partial charge in [0.05, 0.1) is 17.6 Å². The summed E-state index contributed by atoms with van der Waals surface area (Å²) < 4.78 is 5.59. The van der Waals surface area contributed by atoms with Crippen molar-refractivity contribution in [1.29, 1.82) is 0 Å². The predicted octanol–water partition coefficient (Wildman–Crippen LogP) is 1.61. The van der Waals surface area contributed by atoms with Crippen molar-refractivity contribution in [2.45, 2.75) is 31.8 Å². The molecule has 1 atom stereocenters. The van der Waals surface area contributed by atoms with Crippen LogP contribution in [0.3, 0.4) is 0 Å². The minimum Gasteiger partial charge on any atom is -0.478 e. The molecule has 108 valence electrons. The maximum absolute atomic E-state index is 11.9. The fourth-order valence-corrected chi connectivity index (χ4v) is 2.38. The van der Waals surface area contributed by atoms with E-state index in [9.17, 15) is 9.59 Å². The van der Waals surface area contributed by atoms with Crippen molar-refractivity contribution < 1.29 is 19.4 Å². The molecule has 0 bridgehead atoms. The lowest BCUT2D eigenvalue weighted by molar-refractivity contribution is -0.121. The van der Waals surface area contributed by atoms with Gasteiger partial charge in [-0.05, 0) is 31.4 Å². The molecule has 2 rings (SSSR count). The molecule has 1 aromatic rings. The summed E-state index contributed by atoms with van der Waals surface area (Å²) in [5.41, 5.74) is 0.406. The van der Waals surface area contributed by atoms with Crippen LogP contribution in [0.4, 0.5) is 0 Å². The predicted molar refractivity (Wildman–Crippen MR) is 73.7 cm³/mol. The molecule has 1 aliphatic heterocycles. The van der Waals surface area contributed by atoms with Gasteiger partial charge in [-0.2, -0.15) is 0 Å². The van der Waals surface area contributed by atoms with Crippen molar-refractivity contribution >= 4 is 11.9 Å². The number of carbonyl (C=O) groups excluding carboxylic acids is 1. The highest BCUT2D eigenvalue weighted by Crippen LogP contribution is 2.23. The van der Waals surface area contributed by atoms with Crippen LogP contribution in [0.5, 0.6) is 0 Å². The lowest BCUT2D eigenvalue weighted by Gasteiger charge is -2.23. The average Bonchev–Trinajstić information content (AvgIpc) is 2.84. The number of carboxylic acids is 1. The smallest absolute Gasteiger partial charge is 0.335 e. The van der Waals surface area contributed by atoms with Gasteiger partial charge in [0.2, 0.25) is 5.91 Å². The number of rotatable bonds is 5. The van der Waals surface area contributed by atoms with Crippen molar-refractivity contribution in [3.05, 3.63) is 35.4 Å². The number of ether oxygens (including phenoxy) is 1. The first kappa shape index (κ1) is 14.5. The molecule has 0 radical (unpaired) electrons. The van der Waals surface area contributed by atoms with Crippen molar-refractivity contribution in [3.63, 3.8) is 0 Å². The summed E-state index contributed by atoms with van der Waals surface area (Å²) in [6, 6.07) is 6.55. The maximum atomic E-state index is 11.9. The van der Waals surface area contributed by atoms with Crippen LogP contribution in [0.2, 0.25) is 0 Å². The zero-order chi connectivity index (χ0) is 14.6. The third-order valence-electron chi connectivity index (χ3n) is 3.56. The van der Waals surface area contributed by atoms with Crippen LogP contribution in [0.1, 0.15) is 35.7 Å². The number of aromatic carboxylic acids is 1. The Morgan fingerprint density at radius 1 is 1.40 bits per heavy atom. The first-order valence-electron chi connectivity index (χ1n) is 6.72. The fraction of sp³-hybridized carbons (Fsp3) is 0.467. The first-order chi connectivity index (χ1) is 9.50. The summed E-state index contributed by atoms with van der Waals surface area (Å²) in [5.74, 6) is -1.20. The van der Waals surface area contributed by atoms with Crippen LogP contribution in [-0.2, 0) is 16.0 Å². The zero-order valence-electron chi connectivity index (χ0n) is 11.5. The van der Waals surface area contributed by atoms with Crippen LogP contribution in [0.15, 0.2) is 24.3 Å². The molecule has 1 aliphatic rings. The highest BCUT2D eigenvalue weighted by Gasteiger charge is 2.30. The van der Waals surface area contributed by atoms with Crippen molar-refractivity contribution in [1.82, 2.24) is 5.32 Å². The van der Waals surface area contributed by atoms with Crippen LogP contribution in [0.25, 0.3) is 0 Å². The molecule has 2 N–H and O–H groups in total. The summed E-state index contributed by atoms with van der Waals surface area (Å²) in [5, 5.41) is 11.9. The number of carbonyl (C=O) groups is 2. The second-order valence-corrected chi connectivity index (χ2v) is 5.32. The van der Waals surface area contributed by atoms with Crippen LogP contribution >= 0.6 is 0 Å². The quantitative estimate of drug-likeness (QED) is 0.857. The zero-order valence-corrected chi connectivity index (χ0v) is 11.5. The Balaban J connectivity index is 1.93. The van der Waals surface area contributed by atoms with E-state index in [4.69, 9.17) is 9.84 Å². The number of carboxylic acid groups (broad SMARTS) is 1. The van der Waals surface area contributed by atoms with Crippen molar-refractivity contribution in [3.8, 4) is 0 Å². The van der Waals surface area contributed by atoms with Gasteiger partial charge in [0, 0.05) is 13.2 Å².